The van der Waals surface area contributed by atoms with Crippen molar-refractivity contribution in [3.05, 3.63) is 60.2 Å². The topological polar surface area (TPSA) is 67.4 Å². The Morgan fingerprint density at radius 3 is 2.63 bits per heavy atom. The van der Waals surface area contributed by atoms with Crippen LogP contribution in [0.1, 0.15) is 30.1 Å². The van der Waals surface area contributed by atoms with Gasteiger partial charge in [-0.05, 0) is 44.0 Å². The number of hydrogen-bond acceptors (Lipinski definition) is 4. The number of ether oxygens (including phenoxy) is 1. The number of nitrogens with one attached hydrogen (secondary N) is 2. The van der Waals surface area contributed by atoms with Crippen molar-refractivity contribution in [3.63, 3.8) is 0 Å². The predicted molar refractivity (Wildman–Crippen MR) is 108 cm³/mol. The fourth-order valence-corrected chi connectivity index (χ4v) is 3.78. The van der Waals surface area contributed by atoms with E-state index in [0.29, 0.717) is 17.8 Å². The van der Waals surface area contributed by atoms with Crippen molar-refractivity contribution in [2.45, 2.75) is 36.0 Å². The van der Waals surface area contributed by atoms with Crippen LogP contribution in [-0.4, -0.2) is 36.3 Å². The second kappa shape index (κ2) is 9.58. The maximum Gasteiger partial charge on any atom is 0.253 e. The van der Waals surface area contributed by atoms with Crippen LogP contribution < -0.4 is 10.6 Å². The SMILES string of the molecule is C[C@@H](Sc1ccccc1)C(=O)Nc1ccccc1C(=O)NC[C@H]1CCCO1. The molecule has 0 spiro atoms. The van der Waals surface area contributed by atoms with Crippen LogP contribution in [0.2, 0.25) is 0 Å². The molecule has 1 aliphatic heterocycles. The van der Waals surface area contributed by atoms with Crippen LogP contribution in [0.4, 0.5) is 5.69 Å². The third-order valence-corrected chi connectivity index (χ3v) is 5.48. The maximum absolute atomic E-state index is 12.6. The van der Waals surface area contributed by atoms with Gasteiger partial charge in [0.2, 0.25) is 5.91 Å². The Morgan fingerprint density at radius 1 is 1.15 bits per heavy atom. The first-order valence-electron chi connectivity index (χ1n) is 9.15. The molecule has 2 amide bonds. The highest BCUT2D eigenvalue weighted by Gasteiger charge is 2.20. The van der Waals surface area contributed by atoms with E-state index in [2.05, 4.69) is 10.6 Å². The molecule has 2 N–H and O–H groups in total. The lowest BCUT2D eigenvalue weighted by atomic mass is 10.1. The number of thioether (sulfide) groups is 1. The van der Waals surface area contributed by atoms with E-state index in [1.807, 2.05) is 43.3 Å². The Bertz CT molecular complexity index is 776. The van der Waals surface area contributed by atoms with E-state index in [4.69, 9.17) is 4.74 Å². The van der Waals surface area contributed by atoms with Crippen molar-refractivity contribution in [1.82, 2.24) is 5.32 Å². The molecule has 6 heteroatoms. The minimum atomic E-state index is -0.282. The van der Waals surface area contributed by atoms with Crippen LogP contribution in [0, 0.1) is 0 Å². The van der Waals surface area contributed by atoms with Gasteiger partial charge in [-0.2, -0.15) is 0 Å². The summed E-state index contributed by atoms with van der Waals surface area (Å²) in [5, 5.41) is 5.51. The first-order valence-corrected chi connectivity index (χ1v) is 10.0. The molecule has 0 unspecified atom stereocenters. The lowest BCUT2D eigenvalue weighted by Crippen LogP contribution is -2.32. The predicted octanol–water partition coefficient (Wildman–Crippen LogP) is 3.71. The Morgan fingerprint density at radius 2 is 1.89 bits per heavy atom. The van der Waals surface area contributed by atoms with Crippen molar-refractivity contribution < 1.29 is 14.3 Å². The third-order valence-electron chi connectivity index (χ3n) is 4.37. The molecule has 2 atom stereocenters. The standard InChI is InChI=1S/C21H24N2O3S/c1-15(27-17-9-3-2-4-10-17)20(24)23-19-12-6-5-11-18(19)21(25)22-14-16-8-7-13-26-16/h2-6,9-12,15-16H,7-8,13-14H2,1H3,(H,22,25)(H,23,24)/t15-,16-/m1/s1. The number of rotatable bonds is 7. The molecule has 5 nitrogen and oxygen atoms in total. The van der Waals surface area contributed by atoms with Gasteiger partial charge in [0.05, 0.1) is 22.6 Å². The van der Waals surface area contributed by atoms with E-state index in [1.165, 1.54) is 11.8 Å². The number of hydrogen-bond donors (Lipinski definition) is 2. The van der Waals surface area contributed by atoms with Gasteiger partial charge in [0.1, 0.15) is 0 Å². The van der Waals surface area contributed by atoms with Gasteiger partial charge >= 0.3 is 0 Å². The van der Waals surface area contributed by atoms with Crippen LogP contribution in [0.5, 0.6) is 0 Å². The normalized spacial score (nSPS) is 17.3. The van der Waals surface area contributed by atoms with Crippen LogP contribution in [-0.2, 0) is 9.53 Å². The molecular weight excluding hydrogens is 360 g/mol. The van der Waals surface area contributed by atoms with Crippen LogP contribution in [0.15, 0.2) is 59.5 Å². The highest BCUT2D eigenvalue weighted by Crippen LogP contribution is 2.24. The van der Waals surface area contributed by atoms with Gasteiger partial charge in [-0.15, -0.1) is 11.8 Å². The number of carbonyl (C=O) groups excluding carboxylic acids is 2. The molecule has 2 aromatic rings. The molecule has 0 bridgehead atoms. The second-order valence-corrected chi connectivity index (χ2v) is 7.87. The molecule has 1 heterocycles. The largest absolute Gasteiger partial charge is 0.376 e. The summed E-state index contributed by atoms with van der Waals surface area (Å²) < 4.78 is 5.53. The van der Waals surface area contributed by atoms with E-state index in [9.17, 15) is 9.59 Å². The summed E-state index contributed by atoms with van der Waals surface area (Å²) in [7, 11) is 0. The molecule has 0 saturated carbocycles. The first-order chi connectivity index (χ1) is 13.1. The summed E-state index contributed by atoms with van der Waals surface area (Å²) in [6.07, 6.45) is 2.08. The van der Waals surface area contributed by atoms with Gasteiger partial charge in [0, 0.05) is 18.0 Å². The molecule has 27 heavy (non-hydrogen) atoms. The fourth-order valence-electron chi connectivity index (χ4n) is 2.89. The smallest absolute Gasteiger partial charge is 0.253 e. The summed E-state index contributed by atoms with van der Waals surface area (Å²) in [6, 6.07) is 16.8. The zero-order chi connectivity index (χ0) is 19.1. The lowest BCUT2D eigenvalue weighted by Gasteiger charge is -2.16. The molecule has 1 aliphatic rings. The summed E-state index contributed by atoms with van der Waals surface area (Å²) >= 11 is 1.48. The quantitative estimate of drug-likeness (QED) is 0.714. The van der Waals surface area contributed by atoms with Gasteiger partial charge < -0.3 is 15.4 Å². The molecule has 142 valence electrons. The molecule has 1 fully saturated rings. The van der Waals surface area contributed by atoms with Gasteiger partial charge in [-0.25, -0.2) is 0 Å². The Balaban J connectivity index is 1.60. The summed E-state index contributed by atoms with van der Waals surface area (Å²) in [4.78, 5) is 26.1. The van der Waals surface area contributed by atoms with Crippen molar-refractivity contribution >= 4 is 29.3 Å². The van der Waals surface area contributed by atoms with Crippen LogP contribution >= 0.6 is 11.8 Å². The number of para-hydroxylation sites is 1. The van der Waals surface area contributed by atoms with Crippen molar-refractivity contribution in [3.8, 4) is 0 Å². The average Bonchev–Trinajstić information content (AvgIpc) is 3.21. The van der Waals surface area contributed by atoms with Gasteiger partial charge in [0.15, 0.2) is 0 Å². The zero-order valence-corrected chi connectivity index (χ0v) is 16.1. The minimum Gasteiger partial charge on any atom is -0.376 e. The Hall–Kier alpha value is -2.31. The summed E-state index contributed by atoms with van der Waals surface area (Å²) in [5.41, 5.74) is 0.980. The van der Waals surface area contributed by atoms with E-state index < -0.39 is 0 Å². The van der Waals surface area contributed by atoms with E-state index in [1.54, 1.807) is 18.2 Å². The number of amides is 2. The van der Waals surface area contributed by atoms with Crippen molar-refractivity contribution in [2.24, 2.45) is 0 Å². The van der Waals surface area contributed by atoms with E-state index in [0.717, 1.165) is 24.3 Å². The molecule has 1 saturated heterocycles. The molecular formula is C21H24N2O3S. The molecule has 0 aromatic heterocycles. The average molecular weight is 385 g/mol. The molecule has 2 aromatic carbocycles. The van der Waals surface area contributed by atoms with Gasteiger partial charge in [-0.1, -0.05) is 30.3 Å². The number of benzene rings is 2. The number of anilines is 1. The van der Waals surface area contributed by atoms with Gasteiger partial charge in [0.25, 0.3) is 5.91 Å². The Kier molecular flexibility index (Phi) is 6.90. The minimum absolute atomic E-state index is 0.0815. The zero-order valence-electron chi connectivity index (χ0n) is 15.3. The third kappa shape index (κ3) is 5.58. The monoisotopic (exact) mass is 384 g/mol. The highest BCUT2D eigenvalue weighted by atomic mass is 32.2. The molecule has 0 radical (unpaired) electrons. The molecule has 3 rings (SSSR count). The highest BCUT2D eigenvalue weighted by molar-refractivity contribution is 8.00. The van der Waals surface area contributed by atoms with Crippen molar-refractivity contribution in [2.75, 3.05) is 18.5 Å². The lowest BCUT2D eigenvalue weighted by molar-refractivity contribution is -0.115. The molecule has 0 aliphatic carbocycles. The van der Waals surface area contributed by atoms with Crippen LogP contribution in [0.25, 0.3) is 0 Å². The summed E-state index contributed by atoms with van der Waals surface area (Å²) in [5.74, 6) is -0.340. The van der Waals surface area contributed by atoms with Crippen LogP contribution in [0.3, 0.4) is 0 Å². The van der Waals surface area contributed by atoms with E-state index in [-0.39, 0.29) is 23.2 Å². The fraction of sp³-hybridized carbons (Fsp3) is 0.333. The first kappa shape index (κ1) is 19.5. The second-order valence-electron chi connectivity index (χ2n) is 6.45. The Labute approximate surface area is 163 Å². The van der Waals surface area contributed by atoms with E-state index >= 15 is 0 Å². The van der Waals surface area contributed by atoms with Gasteiger partial charge in [-0.3, -0.25) is 9.59 Å². The number of carbonyl (C=O) groups is 2. The summed E-state index contributed by atoms with van der Waals surface area (Å²) in [6.45, 7) is 3.10. The van der Waals surface area contributed by atoms with Crippen molar-refractivity contribution in [1.29, 1.82) is 0 Å². The maximum atomic E-state index is 12.6.